The Kier molecular flexibility index (Phi) is 4.80. The largest absolute Gasteiger partial charge is 0.487 e. The molecule has 0 amide bonds. The van der Waals surface area contributed by atoms with Gasteiger partial charge in [-0.2, -0.15) is 0 Å². The predicted molar refractivity (Wildman–Crippen MR) is 73.3 cm³/mol. The number of para-hydroxylation sites is 1. The van der Waals surface area contributed by atoms with Crippen LogP contribution in [0.15, 0.2) is 24.3 Å². The highest BCUT2D eigenvalue weighted by Gasteiger charge is 2.29. The summed E-state index contributed by atoms with van der Waals surface area (Å²) >= 11 is 0. The molecule has 0 saturated heterocycles. The molecule has 0 radical (unpaired) electrons. The first-order valence-corrected chi connectivity index (χ1v) is 6.85. The molecule has 2 atom stereocenters. The van der Waals surface area contributed by atoms with Crippen molar-refractivity contribution >= 4 is 5.97 Å². The third-order valence-corrected chi connectivity index (χ3v) is 3.21. The summed E-state index contributed by atoms with van der Waals surface area (Å²) in [6, 6.07) is 7.89. The van der Waals surface area contributed by atoms with E-state index in [1.807, 2.05) is 31.2 Å². The van der Waals surface area contributed by atoms with E-state index in [4.69, 9.17) is 9.47 Å². The van der Waals surface area contributed by atoms with Crippen LogP contribution < -0.4 is 10.1 Å². The molecular formula is C15H21NO3. The van der Waals surface area contributed by atoms with Gasteiger partial charge in [-0.1, -0.05) is 25.1 Å². The monoisotopic (exact) mass is 263 g/mol. The van der Waals surface area contributed by atoms with E-state index in [1.54, 1.807) is 0 Å². The van der Waals surface area contributed by atoms with Crippen LogP contribution in [0, 0.1) is 0 Å². The number of hydrogen-bond donors (Lipinski definition) is 1. The standard InChI is InChI=1S/C15H21NO3/c1-3-8-16-10-15(17)19-14-9-12-6-4-5-7-13(12)18-11(14)2/h4-7,11,14,16H,3,8-10H2,1-2H3. The van der Waals surface area contributed by atoms with Gasteiger partial charge in [-0.25, -0.2) is 0 Å². The zero-order valence-corrected chi connectivity index (χ0v) is 11.5. The summed E-state index contributed by atoms with van der Waals surface area (Å²) in [5, 5.41) is 3.04. The number of carbonyl (C=O) groups excluding carboxylic acids is 1. The van der Waals surface area contributed by atoms with Crippen molar-refractivity contribution in [1.82, 2.24) is 5.32 Å². The van der Waals surface area contributed by atoms with Crippen LogP contribution in [-0.4, -0.2) is 31.3 Å². The number of rotatable bonds is 5. The van der Waals surface area contributed by atoms with Crippen molar-refractivity contribution in [3.05, 3.63) is 29.8 Å². The Morgan fingerprint density at radius 3 is 3.05 bits per heavy atom. The molecule has 1 aromatic rings. The van der Waals surface area contributed by atoms with Crippen molar-refractivity contribution in [2.24, 2.45) is 0 Å². The topological polar surface area (TPSA) is 47.6 Å². The fourth-order valence-corrected chi connectivity index (χ4v) is 2.16. The molecule has 0 aliphatic carbocycles. The molecule has 0 spiro atoms. The highest BCUT2D eigenvalue weighted by molar-refractivity contribution is 5.72. The van der Waals surface area contributed by atoms with E-state index in [0.717, 1.165) is 30.7 Å². The Bertz CT molecular complexity index is 433. The first-order valence-electron chi connectivity index (χ1n) is 6.85. The van der Waals surface area contributed by atoms with Crippen molar-refractivity contribution in [3.8, 4) is 5.75 Å². The highest BCUT2D eigenvalue weighted by atomic mass is 16.6. The summed E-state index contributed by atoms with van der Waals surface area (Å²) in [6.07, 6.45) is 1.41. The summed E-state index contributed by atoms with van der Waals surface area (Å²) in [5.41, 5.74) is 1.10. The molecule has 4 heteroatoms. The molecular weight excluding hydrogens is 242 g/mol. The van der Waals surface area contributed by atoms with E-state index < -0.39 is 0 Å². The van der Waals surface area contributed by atoms with Gasteiger partial charge in [0.2, 0.25) is 0 Å². The Balaban J connectivity index is 1.90. The summed E-state index contributed by atoms with van der Waals surface area (Å²) in [7, 11) is 0. The van der Waals surface area contributed by atoms with E-state index in [0.29, 0.717) is 0 Å². The maximum atomic E-state index is 11.7. The Labute approximate surface area is 114 Å². The molecule has 1 aliphatic heterocycles. The van der Waals surface area contributed by atoms with Gasteiger partial charge in [0.05, 0.1) is 6.54 Å². The Morgan fingerprint density at radius 1 is 1.47 bits per heavy atom. The number of hydrogen-bond acceptors (Lipinski definition) is 4. The molecule has 1 heterocycles. The van der Waals surface area contributed by atoms with Crippen molar-refractivity contribution in [3.63, 3.8) is 0 Å². The minimum absolute atomic E-state index is 0.106. The van der Waals surface area contributed by atoms with Crippen molar-refractivity contribution in [2.45, 2.75) is 38.9 Å². The van der Waals surface area contributed by atoms with Gasteiger partial charge in [0.25, 0.3) is 0 Å². The Hall–Kier alpha value is -1.55. The maximum absolute atomic E-state index is 11.7. The van der Waals surface area contributed by atoms with Gasteiger partial charge < -0.3 is 14.8 Å². The summed E-state index contributed by atoms with van der Waals surface area (Å²) < 4.78 is 11.3. The van der Waals surface area contributed by atoms with Crippen LogP contribution in [0.3, 0.4) is 0 Å². The van der Waals surface area contributed by atoms with Gasteiger partial charge in [-0.15, -0.1) is 0 Å². The van der Waals surface area contributed by atoms with E-state index in [-0.39, 0.29) is 24.7 Å². The second-order valence-corrected chi connectivity index (χ2v) is 4.84. The molecule has 0 bridgehead atoms. The maximum Gasteiger partial charge on any atom is 0.320 e. The molecule has 0 aromatic heterocycles. The molecule has 104 valence electrons. The van der Waals surface area contributed by atoms with Crippen molar-refractivity contribution < 1.29 is 14.3 Å². The van der Waals surface area contributed by atoms with Crippen LogP contribution in [-0.2, 0) is 16.0 Å². The fourth-order valence-electron chi connectivity index (χ4n) is 2.16. The number of ether oxygens (including phenoxy) is 2. The lowest BCUT2D eigenvalue weighted by atomic mass is 10.0. The minimum atomic E-state index is -0.215. The predicted octanol–water partition coefficient (Wildman–Crippen LogP) is 1.92. The normalized spacial score (nSPS) is 21.4. The molecule has 2 unspecified atom stereocenters. The second-order valence-electron chi connectivity index (χ2n) is 4.84. The minimum Gasteiger partial charge on any atom is -0.487 e. The molecule has 1 aromatic carbocycles. The van der Waals surface area contributed by atoms with E-state index >= 15 is 0 Å². The molecule has 19 heavy (non-hydrogen) atoms. The number of fused-ring (bicyclic) bond motifs is 1. The van der Waals surface area contributed by atoms with Crippen LogP contribution in [0.4, 0.5) is 0 Å². The third-order valence-electron chi connectivity index (χ3n) is 3.21. The lowest BCUT2D eigenvalue weighted by Crippen LogP contribution is -2.40. The van der Waals surface area contributed by atoms with Gasteiger partial charge >= 0.3 is 5.97 Å². The lowest BCUT2D eigenvalue weighted by Gasteiger charge is -2.31. The number of carbonyl (C=O) groups is 1. The summed E-state index contributed by atoms with van der Waals surface area (Å²) in [5.74, 6) is 0.680. The molecule has 0 fully saturated rings. The summed E-state index contributed by atoms with van der Waals surface area (Å²) in [6.45, 7) is 5.09. The Morgan fingerprint density at radius 2 is 2.26 bits per heavy atom. The fraction of sp³-hybridized carbons (Fsp3) is 0.533. The molecule has 0 saturated carbocycles. The van der Waals surface area contributed by atoms with Crippen LogP contribution in [0.5, 0.6) is 5.75 Å². The lowest BCUT2D eigenvalue weighted by molar-refractivity contribution is -0.153. The van der Waals surface area contributed by atoms with Gasteiger partial charge in [-0.3, -0.25) is 4.79 Å². The van der Waals surface area contributed by atoms with Crippen molar-refractivity contribution in [2.75, 3.05) is 13.1 Å². The zero-order chi connectivity index (χ0) is 13.7. The first kappa shape index (κ1) is 13.9. The van der Waals surface area contributed by atoms with Crippen LogP contribution in [0.1, 0.15) is 25.8 Å². The SMILES string of the molecule is CCCNCC(=O)OC1Cc2ccccc2OC1C. The molecule has 1 N–H and O–H groups in total. The van der Waals surface area contributed by atoms with Gasteiger partial charge in [0.15, 0.2) is 0 Å². The molecule has 1 aliphatic rings. The molecule has 2 rings (SSSR count). The highest BCUT2D eigenvalue weighted by Crippen LogP contribution is 2.28. The van der Waals surface area contributed by atoms with Crippen LogP contribution in [0.25, 0.3) is 0 Å². The smallest absolute Gasteiger partial charge is 0.320 e. The zero-order valence-electron chi connectivity index (χ0n) is 11.5. The van der Waals surface area contributed by atoms with Gasteiger partial charge in [0.1, 0.15) is 18.0 Å². The third kappa shape index (κ3) is 3.70. The van der Waals surface area contributed by atoms with Gasteiger partial charge in [-0.05, 0) is 31.5 Å². The van der Waals surface area contributed by atoms with Crippen LogP contribution >= 0.6 is 0 Å². The number of nitrogens with one attached hydrogen (secondary N) is 1. The average Bonchev–Trinajstić information content (AvgIpc) is 2.40. The number of esters is 1. The second kappa shape index (κ2) is 6.57. The quantitative estimate of drug-likeness (QED) is 0.651. The van der Waals surface area contributed by atoms with Gasteiger partial charge in [0, 0.05) is 6.42 Å². The average molecular weight is 263 g/mol. The van der Waals surface area contributed by atoms with E-state index in [2.05, 4.69) is 12.2 Å². The number of benzene rings is 1. The first-order chi connectivity index (χ1) is 9.20. The summed E-state index contributed by atoms with van der Waals surface area (Å²) in [4.78, 5) is 11.7. The van der Waals surface area contributed by atoms with E-state index in [9.17, 15) is 4.79 Å². The molecule has 4 nitrogen and oxygen atoms in total. The van der Waals surface area contributed by atoms with Crippen molar-refractivity contribution in [1.29, 1.82) is 0 Å². The van der Waals surface area contributed by atoms with E-state index in [1.165, 1.54) is 0 Å². The van der Waals surface area contributed by atoms with Crippen LogP contribution in [0.2, 0.25) is 0 Å².